The highest BCUT2D eigenvalue weighted by atomic mass is 16.7. The van der Waals surface area contributed by atoms with Crippen molar-refractivity contribution in [1.82, 2.24) is 0 Å². The minimum atomic E-state index is -0.294. The van der Waals surface area contributed by atoms with E-state index in [1.807, 2.05) is 6.21 Å². The lowest BCUT2D eigenvalue weighted by atomic mass is 9.79. The van der Waals surface area contributed by atoms with Crippen molar-refractivity contribution in [3.05, 3.63) is 29.8 Å². The second-order valence-corrected chi connectivity index (χ2v) is 8.18. The Kier molecular flexibility index (Phi) is 5.17. The molecule has 1 saturated carbocycles. The maximum absolute atomic E-state index is 6.10. The standard InChI is InChI=1S/C20H30BNO2/c1-19(2)20(3,4)24-21(23-19)17-13-11-16(12-14-17)15-22-18-9-7-5-6-8-10-18/h11-15,18H,5-10H2,1-4H3. The molecule has 1 aliphatic heterocycles. The summed E-state index contributed by atoms with van der Waals surface area (Å²) in [6, 6.07) is 8.92. The molecule has 1 aromatic rings. The molecule has 3 nitrogen and oxygen atoms in total. The molecule has 0 amide bonds. The summed E-state index contributed by atoms with van der Waals surface area (Å²) in [5.74, 6) is 0. The molecular weight excluding hydrogens is 297 g/mol. The second kappa shape index (κ2) is 7.01. The van der Waals surface area contributed by atoms with E-state index in [0.29, 0.717) is 6.04 Å². The Morgan fingerprint density at radius 3 is 2.00 bits per heavy atom. The van der Waals surface area contributed by atoms with E-state index in [4.69, 9.17) is 14.3 Å². The van der Waals surface area contributed by atoms with Crippen molar-refractivity contribution < 1.29 is 9.31 Å². The van der Waals surface area contributed by atoms with Crippen molar-refractivity contribution >= 4 is 18.8 Å². The molecule has 0 bridgehead atoms. The molecule has 0 atom stereocenters. The monoisotopic (exact) mass is 327 g/mol. The summed E-state index contributed by atoms with van der Waals surface area (Å²) >= 11 is 0. The highest BCUT2D eigenvalue weighted by Gasteiger charge is 2.51. The van der Waals surface area contributed by atoms with Gasteiger partial charge in [-0.3, -0.25) is 4.99 Å². The first-order valence-corrected chi connectivity index (χ1v) is 9.36. The van der Waals surface area contributed by atoms with Crippen molar-refractivity contribution in [2.24, 2.45) is 4.99 Å². The largest absolute Gasteiger partial charge is 0.494 e. The summed E-state index contributed by atoms with van der Waals surface area (Å²) in [5.41, 5.74) is 1.63. The van der Waals surface area contributed by atoms with Gasteiger partial charge >= 0.3 is 7.12 Å². The molecule has 24 heavy (non-hydrogen) atoms. The van der Waals surface area contributed by atoms with Crippen LogP contribution in [0, 0.1) is 0 Å². The van der Waals surface area contributed by atoms with Gasteiger partial charge in [0.25, 0.3) is 0 Å². The van der Waals surface area contributed by atoms with Gasteiger partial charge in [0.1, 0.15) is 0 Å². The number of hydrogen-bond acceptors (Lipinski definition) is 3. The Hall–Kier alpha value is -1.13. The summed E-state index contributed by atoms with van der Waals surface area (Å²) in [6.45, 7) is 8.34. The highest BCUT2D eigenvalue weighted by molar-refractivity contribution is 6.62. The number of nitrogens with zero attached hydrogens (tertiary/aromatic N) is 1. The molecule has 2 aliphatic rings. The normalized spacial score (nSPS) is 24.4. The van der Waals surface area contributed by atoms with E-state index >= 15 is 0 Å². The van der Waals surface area contributed by atoms with Gasteiger partial charge in [-0.2, -0.15) is 0 Å². The van der Waals surface area contributed by atoms with Crippen LogP contribution in [-0.2, 0) is 9.31 Å². The van der Waals surface area contributed by atoms with Crippen molar-refractivity contribution in [1.29, 1.82) is 0 Å². The molecule has 0 spiro atoms. The lowest BCUT2D eigenvalue weighted by molar-refractivity contribution is 0.00578. The lowest BCUT2D eigenvalue weighted by Gasteiger charge is -2.32. The van der Waals surface area contributed by atoms with Crippen LogP contribution < -0.4 is 5.46 Å². The summed E-state index contributed by atoms with van der Waals surface area (Å²) in [7, 11) is -0.289. The number of hydrogen-bond donors (Lipinski definition) is 0. The smallest absolute Gasteiger partial charge is 0.399 e. The minimum Gasteiger partial charge on any atom is -0.399 e. The fourth-order valence-electron chi connectivity index (χ4n) is 3.32. The van der Waals surface area contributed by atoms with E-state index in [0.717, 1.165) is 11.0 Å². The van der Waals surface area contributed by atoms with Gasteiger partial charge in [0, 0.05) is 12.3 Å². The summed E-state index contributed by atoms with van der Waals surface area (Å²) in [5, 5.41) is 0. The third-order valence-corrected chi connectivity index (χ3v) is 5.72. The van der Waals surface area contributed by atoms with Crippen molar-refractivity contribution in [2.45, 2.75) is 83.5 Å². The van der Waals surface area contributed by atoms with Crippen LogP contribution >= 0.6 is 0 Å². The van der Waals surface area contributed by atoms with Crippen LogP contribution in [0.3, 0.4) is 0 Å². The molecule has 0 unspecified atom stereocenters. The topological polar surface area (TPSA) is 30.8 Å². The molecular formula is C20H30BNO2. The van der Waals surface area contributed by atoms with Crippen molar-refractivity contribution in [2.75, 3.05) is 0 Å². The molecule has 1 saturated heterocycles. The SMILES string of the molecule is CC1(C)OB(c2ccc(C=NC3CCCCCC3)cc2)OC1(C)C. The summed E-state index contributed by atoms with van der Waals surface area (Å²) in [6.07, 6.45) is 9.89. The van der Waals surface area contributed by atoms with Crippen LogP contribution in [0.1, 0.15) is 71.8 Å². The van der Waals surface area contributed by atoms with Gasteiger partial charge in [-0.15, -0.1) is 0 Å². The molecule has 0 aromatic heterocycles. The van der Waals surface area contributed by atoms with E-state index < -0.39 is 0 Å². The van der Waals surface area contributed by atoms with Crippen LogP contribution in [-0.4, -0.2) is 30.6 Å². The van der Waals surface area contributed by atoms with E-state index in [2.05, 4.69) is 52.0 Å². The maximum atomic E-state index is 6.10. The Bertz CT molecular complexity index is 556. The Morgan fingerprint density at radius 1 is 0.917 bits per heavy atom. The van der Waals surface area contributed by atoms with Gasteiger partial charge in [-0.1, -0.05) is 49.9 Å². The molecule has 2 fully saturated rings. The first-order chi connectivity index (χ1) is 11.4. The molecule has 3 rings (SSSR count). The predicted octanol–water partition coefficient (Wildman–Crippen LogP) is 4.13. The summed E-state index contributed by atoms with van der Waals surface area (Å²) < 4.78 is 12.2. The number of rotatable bonds is 3. The first kappa shape index (κ1) is 17.7. The van der Waals surface area contributed by atoms with Crippen LogP contribution in [0.4, 0.5) is 0 Å². The maximum Gasteiger partial charge on any atom is 0.494 e. The van der Waals surface area contributed by atoms with Crippen LogP contribution in [0.5, 0.6) is 0 Å². The molecule has 1 heterocycles. The molecule has 0 N–H and O–H groups in total. The zero-order valence-corrected chi connectivity index (χ0v) is 15.5. The average Bonchev–Trinajstić information content (AvgIpc) is 2.73. The second-order valence-electron chi connectivity index (χ2n) is 8.18. The highest BCUT2D eigenvalue weighted by Crippen LogP contribution is 2.36. The molecule has 0 radical (unpaired) electrons. The van der Waals surface area contributed by atoms with Crippen molar-refractivity contribution in [3.63, 3.8) is 0 Å². The number of aliphatic imine (C=N–C) groups is 1. The van der Waals surface area contributed by atoms with Gasteiger partial charge in [0.2, 0.25) is 0 Å². The van der Waals surface area contributed by atoms with Gasteiger partial charge in [-0.25, -0.2) is 0 Å². The third kappa shape index (κ3) is 3.92. The minimum absolute atomic E-state index is 0.289. The lowest BCUT2D eigenvalue weighted by Crippen LogP contribution is -2.41. The fourth-order valence-corrected chi connectivity index (χ4v) is 3.32. The fraction of sp³-hybridized carbons (Fsp3) is 0.650. The van der Waals surface area contributed by atoms with Gasteiger partial charge in [0.05, 0.1) is 11.2 Å². The Labute approximate surface area is 147 Å². The van der Waals surface area contributed by atoms with Crippen LogP contribution in [0.2, 0.25) is 0 Å². The number of benzene rings is 1. The average molecular weight is 327 g/mol. The van der Waals surface area contributed by atoms with Gasteiger partial charge in [-0.05, 0) is 51.6 Å². The third-order valence-electron chi connectivity index (χ3n) is 5.72. The zero-order valence-electron chi connectivity index (χ0n) is 15.5. The van der Waals surface area contributed by atoms with Crippen LogP contribution in [0.25, 0.3) is 0 Å². The molecule has 1 aromatic carbocycles. The van der Waals surface area contributed by atoms with E-state index in [9.17, 15) is 0 Å². The predicted molar refractivity (Wildman–Crippen MR) is 101 cm³/mol. The molecule has 1 aliphatic carbocycles. The molecule has 4 heteroatoms. The summed E-state index contributed by atoms with van der Waals surface area (Å²) in [4.78, 5) is 4.80. The van der Waals surface area contributed by atoms with Crippen molar-refractivity contribution in [3.8, 4) is 0 Å². The van der Waals surface area contributed by atoms with E-state index in [1.165, 1.54) is 38.5 Å². The van der Waals surface area contributed by atoms with Gasteiger partial charge in [0.15, 0.2) is 0 Å². The quantitative estimate of drug-likeness (QED) is 0.475. The van der Waals surface area contributed by atoms with E-state index in [-0.39, 0.29) is 18.3 Å². The van der Waals surface area contributed by atoms with Gasteiger partial charge < -0.3 is 9.31 Å². The first-order valence-electron chi connectivity index (χ1n) is 9.36. The zero-order chi connectivity index (χ0) is 17.2. The van der Waals surface area contributed by atoms with E-state index in [1.54, 1.807) is 0 Å². The Balaban J connectivity index is 1.63. The Morgan fingerprint density at radius 2 is 1.46 bits per heavy atom. The molecule has 130 valence electrons. The van der Waals surface area contributed by atoms with Crippen LogP contribution in [0.15, 0.2) is 29.3 Å².